The Labute approximate surface area is 205 Å². The van der Waals surface area contributed by atoms with Crippen molar-refractivity contribution in [1.29, 1.82) is 0 Å². The Bertz CT molecular complexity index is 1050. The first-order chi connectivity index (χ1) is 16.9. The molecular weight excluding hydrogens is 455 g/mol. The summed E-state index contributed by atoms with van der Waals surface area (Å²) in [5, 5.41) is 7.47. The number of ether oxygens (including phenoxy) is 1. The van der Waals surface area contributed by atoms with Gasteiger partial charge in [-0.05, 0) is 37.9 Å². The molecule has 192 valence electrons. The third-order valence-corrected chi connectivity index (χ3v) is 6.34. The zero-order valence-corrected chi connectivity index (χ0v) is 20.7. The Morgan fingerprint density at radius 3 is 2.77 bits per heavy atom. The highest BCUT2D eigenvalue weighted by Crippen LogP contribution is 2.42. The second-order valence-corrected chi connectivity index (χ2v) is 8.67. The molecule has 1 aliphatic rings. The standard InChI is InChI=1S/C26H36F3N5O/c1-17-14-20-19-8-5-6-9-21(19)33-25(20)26(34(17)16-23(28)29)18(2)22(35-4)15-24(30-3)32-13-12-31-11-7-10-27/h5-6,8-9,15,17,23,26,31,33H,2,7,10-14,16H2,1,3-4H3,(H,30,32)/b22-15+/t17-,26-/m1/s1. The lowest BCUT2D eigenvalue weighted by Gasteiger charge is -2.41. The largest absolute Gasteiger partial charge is 0.496 e. The number of methoxy groups -OCH3 is 1. The highest BCUT2D eigenvalue weighted by atomic mass is 19.3. The number of aromatic nitrogens is 1. The molecule has 3 rings (SSSR count). The number of para-hydroxylation sites is 1. The fourth-order valence-corrected chi connectivity index (χ4v) is 4.66. The summed E-state index contributed by atoms with van der Waals surface area (Å²) < 4.78 is 45.2. The van der Waals surface area contributed by atoms with Crippen LogP contribution < -0.4 is 10.6 Å². The van der Waals surface area contributed by atoms with E-state index in [0.29, 0.717) is 49.6 Å². The number of hydrogen-bond acceptors (Lipinski definition) is 4. The molecule has 2 heterocycles. The first kappa shape index (κ1) is 26.8. The zero-order valence-electron chi connectivity index (χ0n) is 20.7. The SMILES string of the molecule is C=C(/C(=C\C(=N/C)NCCNCCCF)OC)[C@@H]1c2[nH]c3ccccc3c2C[C@@H](C)N1CC(F)F. The molecular formula is C26H36F3N5O. The summed E-state index contributed by atoms with van der Waals surface area (Å²) in [5.74, 6) is 1.04. The first-order valence-corrected chi connectivity index (χ1v) is 12.0. The summed E-state index contributed by atoms with van der Waals surface area (Å²) in [7, 11) is 3.20. The maximum Gasteiger partial charge on any atom is 0.251 e. The van der Waals surface area contributed by atoms with Crippen LogP contribution in [0.3, 0.4) is 0 Å². The van der Waals surface area contributed by atoms with Crippen LogP contribution in [0.2, 0.25) is 0 Å². The predicted molar refractivity (Wildman–Crippen MR) is 136 cm³/mol. The van der Waals surface area contributed by atoms with E-state index >= 15 is 0 Å². The van der Waals surface area contributed by atoms with Gasteiger partial charge in [0, 0.05) is 54.4 Å². The number of rotatable bonds is 12. The van der Waals surface area contributed by atoms with E-state index in [0.717, 1.165) is 22.2 Å². The lowest BCUT2D eigenvalue weighted by atomic mass is 9.88. The molecule has 1 aromatic heterocycles. The van der Waals surface area contributed by atoms with Crippen LogP contribution in [0.15, 0.2) is 53.2 Å². The van der Waals surface area contributed by atoms with E-state index in [4.69, 9.17) is 4.74 Å². The van der Waals surface area contributed by atoms with Crippen LogP contribution in [-0.2, 0) is 11.2 Å². The van der Waals surface area contributed by atoms with Crippen LogP contribution in [0, 0.1) is 0 Å². The number of nitrogens with one attached hydrogen (secondary N) is 3. The molecule has 0 fully saturated rings. The quantitative estimate of drug-likeness (QED) is 0.136. The summed E-state index contributed by atoms with van der Waals surface area (Å²) in [4.78, 5) is 9.54. The van der Waals surface area contributed by atoms with Crippen molar-refractivity contribution in [3.63, 3.8) is 0 Å². The number of halogens is 3. The van der Waals surface area contributed by atoms with Crippen molar-refractivity contribution in [1.82, 2.24) is 20.5 Å². The maximum absolute atomic E-state index is 13.6. The van der Waals surface area contributed by atoms with Gasteiger partial charge in [-0.25, -0.2) is 8.78 Å². The minimum absolute atomic E-state index is 0.108. The third-order valence-electron chi connectivity index (χ3n) is 6.34. The Balaban J connectivity index is 1.89. The smallest absolute Gasteiger partial charge is 0.251 e. The first-order valence-electron chi connectivity index (χ1n) is 12.0. The summed E-state index contributed by atoms with van der Waals surface area (Å²) in [6.45, 7) is 7.41. The molecule has 35 heavy (non-hydrogen) atoms. The molecule has 1 aromatic carbocycles. The number of amidine groups is 1. The van der Waals surface area contributed by atoms with Gasteiger partial charge in [0.2, 0.25) is 0 Å². The molecule has 0 amide bonds. The van der Waals surface area contributed by atoms with Crippen molar-refractivity contribution in [3.05, 3.63) is 59.5 Å². The van der Waals surface area contributed by atoms with Crippen molar-refractivity contribution in [2.45, 2.75) is 38.3 Å². The zero-order chi connectivity index (χ0) is 25.4. The lowest BCUT2D eigenvalue weighted by molar-refractivity contribution is 0.0435. The van der Waals surface area contributed by atoms with Gasteiger partial charge in [-0.3, -0.25) is 14.3 Å². The normalized spacial score (nSPS) is 19.3. The van der Waals surface area contributed by atoms with Gasteiger partial charge in [0.15, 0.2) is 0 Å². The van der Waals surface area contributed by atoms with Gasteiger partial charge in [0.25, 0.3) is 6.43 Å². The van der Waals surface area contributed by atoms with Crippen molar-refractivity contribution < 1.29 is 17.9 Å². The van der Waals surface area contributed by atoms with E-state index in [1.165, 1.54) is 0 Å². The average Bonchev–Trinajstić information content (AvgIpc) is 3.21. The number of hydrogen-bond donors (Lipinski definition) is 3. The van der Waals surface area contributed by atoms with E-state index in [-0.39, 0.29) is 19.3 Å². The Morgan fingerprint density at radius 1 is 1.31 bits per heavy atom. The Kier molecular flexibility index (Phi) is 9.80. The van der Waals surface area contributed by atoms with Crippen molar-refractivity contribution in [2.24, 2.45) is 4.99 Å². The number of fused-ring (bicyclic) bond motifs is 3. The summed E-state index contributed by atoms with van der Waals surface area (Å²) in [6, 6.07) is 7.39. The van der Waals surface area contributed by atoms with Gasteiger partial charge in [-0.15, -0.1) is 0 Å². The number of benzene rings is 1. The summed E-state index contributed by atoms with van der Waals surface area (Å²) >= 11 is 0. The molecule has 0 saturated carbocycles. The number of H-pyrrole nitrogens is 1. The van der Waals surface area contributed by atoms with Gasteiger partial charge < -0.3 is 20.4 Å². The molecule has 0 radical (unpaired) electrons. The molecule has 0 bridgehead atoms. The van der Waals surface area contributed by atoms with Gasteiger partial charge >= 0.3 is 0 Å². The molecule has 0 spiro atoms. The predicted octanol–water partition coefficient (Wildman–Crippen LogP) is 4.37. The fraction of sp³-hybridized carbons (Fsp3) is 0.500. The van der Waals surface area contributed by atoms with Gasteiger partial charge in [-0.2, -0.15) is 0 Å². The topological polar surface area (TPSA) is 64.7 Å². The van der Waals surface area contributed by atoms with Crippen LogP contribution in [-0.4, -0.2) is 75.2 Å². The van der Waals surface area contributed by atoms with Crippen LogP contribution in [0.25, 0.3) is 10.9 Å². The molecule has 3 N–H and O–H groups in total. The van der Waals surface area contributed by atoms with E-state index in [2.05, 4.69) is 33.3 Å². The molecule has 0 saturated heterocycles. The molecule has 1 aliphatic heterocycles. The second-order valence-electron chi connectivity index (χ2n) is 8.67. The summed E-state index contributed by atoms with van der Waals surface area (Å²) in [6.07, 6.45) is 0.410. The minimum atomic E-state index is -2.48. The molecule has 6 nitrogen and oxygen atoms in total. The molecule has 2 aromatic rings. The van der Waals surface area contributed by atoms with Crippen molar-refractivity contribution in [2.75, 3.05) is 47.0 Å². The highest BCUT2D eigenvalue weighted by Gasteiger charge is 2.38. The fourth-order valence-electron chi connectivity index (χ4n) is 4.66. The number of aromatic amines is 1. The van der Waals surface area contributed by atoms with Gasteiger partial charge in [0.1, 0.15) is 11.6 Å². The average molecular weight is 492 g/mol. The molecule has 9 heteroatoms. The second kappa shape index (κ2) is 12.8. The molecule has 2 atom stereocenters. The van der Waals surface area contributed by atoms with E-state index in [9.17, 15) is 13.2 Å². The van der Waals surface area contributed by atoms with Crippen LogP contribution >= 0.6 is 0 Å². The lowest BCUT2D eigenvalue weighted by Crippen LogP contribution is -2.45. The number of nitrogens with zero attached hydrogens (tertiary/aromatic N) is 2. The van der Waals surface area contributed by atoms with Crippen LogP contribution in [0.5, 0.6) is 0 Å². The number of aliphatic imine (C=N–C) groups is 1. The Hall–Kier alpha value is -2.78. The molecule has 0 aliphatic carbocycles. The van der Waals surface area contributed by atoms with Gasteiger partial charge in [0.05, 0.1) is 26.4 Å². The third kappa shape index (κ3) is 6.46. The van der Waals surface area contributed by atoms with E-state index in [1.54, 1.807) is 25.1 Å². The van der Waals surface area contributed by atoms with Crippen molar-refractivity contribution in [3.8, 4) is 0 Å². The van der Waals surface area contributed by atoms with Crippen molar-refractivity contribution >= 4 is 16.7 Å². The monoisotopic (exact) mass is 491 g/mol. The molecule has 0 unspecified atom stereocenters. The van der Waals surface area contributed by atoms with E-state index in [1.807, 2.05) is 25.1 Å². The van der Waals surface area contributed by atoms with Gasteiger partial charge in [-0.1, -0.05) is 24.8 Å². The number of alkyl halides is 3. The van der Waals surface area contributed by atoms with E-state index < -0.39 is 12.5 Å². The summed E-state index contributed by atoms with van der Waals surface area (Å²) in [5.41, 5.74) is 3.55. The van der Waals surface area contributed by atoms with Crippen LogP contribution in [0.1, 0.15) is 30.6 Å². The Morgan fingerprint density at radius 2 is 2.09 bits per heavy atom. The maximum atomic E-state index is 13.6. The highest BCUT2D eigenvalue weighted by molar-refractivity contribution is 5.94. The van der Waals surface area contributed by atoms with Crippen LogP contribution in [0.4, 0.5) is 13.2 Å². The minimum Gasteiger partial charge on any atom is -0.496 e.